The zero-order valence-electron chi connectivity index (χ0n) is 14.7. The van der Waals surface area contributed by atoms with Crippen molar-refractivity contribution in [2.45, 2.75) is 12.5 Å². The third-order valence-electron chi connectivity index (χ3n) is 4.09. The van der Waals surface area contributed by atoms with Crippen LogP contribution in [0.25, 0.3) is 0 Å². The van der Waals surface area contributed by atoms with Crippen LogP contribution in [0.4, 0.5) is 11.6 Å². The lowest BCUT2D eigenvalue weighted by Gasteiger charge is -2.31. The molecule has 136 valence electrons. The summed E-state index contributed by atoms with van der Waals surface area (Å²) in [6, 6.07) is 12.0. The van der Waals surface area contributed by atoms with E-state index in [9.17, 15) is 14.9 Å². The Bertz CT molecular complexity index is 810. The summed E-state index contributed by atoms with van der Waals surface area (Å²) < 4.78 is 5.84. The molecular weight excluding hydrogens is 336 g/mol. The first-order chi connectivity index (χ1) is 12.5. The molecule has 26 heavy (non-hydrogen) atoms. The Morgan fingerprint density at radius 1 is 1.23 bits per heavy atom. The molecule has 0 bridgehead atoms. The summed E-state index contributed by atoms with van der Waals surface area (Å²) in [4.78, 5) is 31.0. The van der Waals surface area contributed by atoms with E-state index < -0.39 is 11.0 Å². The van der Waals surface area contributed by atoms with Crippen molar-refractivity contribution in [3.05, 3.63) is 58.1 Å². The second-order valence-corrected chi connectivity index (χ2v) is 6.30. The van der Waals surface area contributed by atoms with Crippen LogP contribution in [-0.4, -0.2) is 47.9 Å². The predicted octanol–water partition coefficient (Wildman–Crippen LogP) is 2.41. The summed E-state index contributed by atoms with van der Waals surface area (Å²) >= 11 is 0. The Hall–Kier alpha value is -3.00. The molecule has 0 fully saturated rings. The summed E-state index contributed by atoms with van der Waals surface area (Å²) in [5, 5.41) is 11.1. The number of anilines is 1. The van der Waals surface area contributed by atoms with E-state index >= 15 is 0 Å². The molecule has 0 saturated heterocycles. The highest BCUT2D eigenvalue weighted by Gasteiger charge is 2.39. The number of hydrogen-bond donors (Lipinski definition) is 0. The standard InChI is InChI=1S/C18H20N4O4/c1-20(2)11-6-12-21-17-14(9-10-15(19-17)22(24)25)26-16(18(21)23)13-7-4-3-5-8-13/h3-5,7-10,16H,6,11-12H2,1-2H3. The van der Waals surface area contributed by atoms with Crippen LogP contribution in [0.3, 0.4) is 0 Å². The lowest BCUT2D eigenvalue weighted by molar-refractivity contribution is -0.389. The number of pyridine rings is 1. The monoisotopic (exact) mass is 356 g/mol. The summed E-state index contributed by atoms with van der Waals surface area (Å²) in [7, 11) is 3.90. The Balaban J connectivity index is 1.96. The third-order valence-corrected chi connectivity index (χ3v) is 4.09. The van der Waals surface area contributed by atoms with E-state index in [1.807, 2.05) is 49.3 Å². The number of carbonyl (C=O) groups is 1. The molecular formula is C18H20N4O4. The van der Waals surface area contributed by atoms with Crippen LogP contribution in [0.1, 0.15) is 18.1 Å². The minimum absolute atomic E-state index is 0.204. The van der Waals surface area contributed by atoms with Gasteiger partial charge in [0.1, 0.15) is 0 Å². The van der Waals surface area contributed by atoms with Gasteiger partial charge in [-0.3, -0.25) is 9.69 Å². The van der Waals surface area contributed by atoms with Crippen molar-refractivity contribution in [3.8, 4) is 5.75 Å². The fourth-order valence-electron chi connectivity index (χ4n) is 2.84. The second-order valence-electron chi connectivity index (χ2n) is 6.30. The van der Waals surface area contributed by atoms with E-state index in [0.29, 0.717) is 18.7 Å². The van der Waals surface area contributed by atoms with E-state index in [1.54, 1.807) is 0 Å². The predicted molar refractivity (Wildman–Crippen MR) is 96.2 cm³/mol. The molecule has 1 aliphatic rings. The van der Waals surface area contributed by atoms with Crippen LogP contribution >= 0.6 is 0 Å². The van der Waals surface area contributed by atoms with Crippen molar-refractivity contribution >= 4 is 17.5 Å². The van der Waals surface area contributed by atoms with E-state index in [1.165, 1.54) is 17.0 Å². The second kappa shape index (κ2) is 7.49. The van der Waals surface area contributed by atoms with E-state index in [2.05, 4.69) is 4.98 Å². The number of rotatable bonds is 6. The molecule has 0 saturated carbocycles. The van der Waals surface area contributed by atoms with Gasteiger partial charge in [-0.2, -0.15) is 0 Å². The van der Waals surface area contributed by atoms with Crippen LogP contribution in [0.2, 0.25) is 0 Å². The summed E-state index contributed by atoms with van der Waals surface area (Å²) in [5.41, 5.74) is 0.735. The van der Waals surface area contributed by atoms with Crippen molar-refractivity contribution in [1.82, 2.24) is 9.88 Å². The van der Waals surface area contributed by atoms with Crippen LogP contribution in [0, 0.1) is 10.1 Å². The zero-order valence-corrected chi connectivity index (χ0v) is 14.7. The van der Waals surface area contributed by atoms with E-state index in [-0.39, 0.29) is 17.5 Å². The van der Waals surface area contributed by atoms with Crippen molar-refractivity contribution in [2.24, 2.45) is 0 Å². The number of aromatic nitrogens is 1. The van der Waals surface area contributed by atoms with E-state index in [0.717, 1.165) is 12.1 Å². The Morgan fingerprint density at radius 2 is 1.96 bits per heavy atom. The first-order valence-electron chi connectivity index (χ1n) is 8.30. The molecule has 1 unspecified atom stereocenters. The van der Waals surface area contributed by atoms with Gasteiger partial charge in [0.05, 0.1) is 0 Å². The quantitative estimate of drug-likeness (QED) is 0.583. The maximum atomic E-state index is 13.0. The number of carbonyl (C=O) groups excluding carboxylic acids is 1. The highest BCUT2D eigenvalue weighted by molar-refractivity contribution is 5.99. The summed E-state index contributed by atoms with van der Waals surface area (Å²) in [6.45, 7) is 1.19. The van der Waals surface area contributed by atoms with Gasteiger partial charge in [0, 0.05) is 18.2 Å². The first-order valence-corrected chi connectivity index (χ1v) is 8.30. The summed E-state index contributed by atoms with van der Waals surface area (Å²) in [6.07, 6.45) is -0.0735. The maximum Gasteiger partial charge on any atom is 0.366 e. The summed E-state index contributed by atoms with van der Waals surface area (Å²) in [5.74, 6) is -0.00424. The molecule has 2 heterocycles. The van der Waals surface area contributed by atoms with Crippen LogP contribution in [0.15, 0.2) is 42.5 Å². The highest BCUT2D eigenvalue weighted by Crippen LogP contribution is 2.38. The third kappa shape index (κ3) is 3.65. The number of ether oxygens (including phenoxy) is 1. The molecule has 1 amide bonds. The van der Waals surface area contributed by atoms with Crippen molar-refractivity contribution < 1.29 is 14.5 Å². The van der Waals surface area contributed by atoms with Gasteiger partial charge in [0.2, 0.25) is 6.10 Å². The first kappa shape index (κ1) is 17.8. The molecule has 0 N–H and O–H groups in total. The molecule has 3 rings (SSSR count). The molecule has 1 atom stereocenters. The van der Waals surface area contributed by atoms with Gasteiger partial charge in [-0.15, -0.1) is 0 Å². The lowest BCUT2D eigenvalue weighted by Crippen LogP contribution is -2.43. The number of benzene rings is 1. The van der Waals surface area contributed by atoms with Gasteiger partial charge >= 0.3 is 5.82 Å². The minimum atomic E-state index is -0.786. The SMILES string of the molecule is CN(C)CCCN1C(=O)C(c2ccccc2)Oc2ccc([N+](=O)[O-])nc21. The normalized spacial score (nSPS) is 16.3. The van der Waals surface area contributed by atoms with Gasteiger partial charge < -0.3 is 19.8 Å². The molecule has 1 aromatic heterocycles. The van der Waals surface area contributed by atoms with Gasteiger partial charge in [-0.05, 0) is 43.0 Å². The van der Waals surface area contributed by atoms with E-state index in [4.69, 9.17) is 4.74 Å². The van der Waals surface area contributed by atoms with Crippen LogP contribution in [-0.2, 0) is 4.79 Å². The number of fused-ring (bicyclic) bond motifs is 1. The van der Waals surface area contributed by atoms with Crippen molar-refractivity contribution in [2.75, 3.05) is 32.1 Å². The number of amides is 1. The molecule has 1 aromatic carbocycles. The Kier molecular flexibility index (Phi) is 5.13. The van der Waals surface area contributed by atoms with Gasteiger partial charge in [-0.1, -0.05) is 30.3 Å². The number of nitro groups is 1. The highest BCUT2D eigenvalue weighted by atomic mass is 16.6. The molecule has 0 aliphatic carbocycles. The maximum absolute atomic E-state index is 13.0. The molecule has 0 spiro atoms. The Labute approximate surface area is 151 Å². The largest absolute Gasteiger partial charge is 0.469 e. The smallest absolute Gasteiger partial charge is 0.366 e. The average molecular weight is 356 g/mol. The molecule has 8 nitrogen and oxygen atoms in total. The average Bonchev–Trinajstić information content (AvgIpc) is 2.63. The van der Waals surface area contributed by atoms with Crippen molar-refractivity contribution in [1.29, 1.82) is 0 Å². The fraction of sp³-hybridized carbons (Fsp3) is 0.333. The van der Waals surface area contributed by atoms with Gasteiger partial charge in [-0.25, -0.2) is 0 Å². The topological polar surface area (TPSA) is 88.8 Å². The van der Waals surface area contributed by atoms with Crippen LogP contribution < -0.4 is 9.64 Å². The fourth-order valence-corrected chi connectivity index (χ4v) is 2.84. The number of hydrogen-bond acceptors (Lipinski definition) is 6. The molecule has 8 heteroatoms. The van der Waals surface area contributed by atoms with Crippen LogP contribution in [0.5, 0.6) is 5.75 Å². The minimum Gasteiger partial charge on any atom is -0.469 e. The van der Waals surface area contributed by atoms with Gasteiger partial charge in [0.25, 0.3) is 11.7 Å². The molecule has 1 aliphatic heterocycles. The molecule has 2 aromatic rings. The molecule has 0 radical (unpaired) electrons. The number of nitrogens with zero attached hydrogens (tertiary/aromatic N) is 4. The van der Waals surface area contributed by atoms with Gasteiger partial charge in [0.15, 0.2) is 5.75 Å². The lowest BCUT2D eigenvalue weighted by atomic mass is 10.1. The Morgan fingerprint density at radius 3 is 2.62 bits per heavy atom. The van der Waals surface area contributed by atoms with Crippen molar-refractivity contribution in [3.63, 3.8) is 0 Å². The zero-order chi connectivity index (χ0) is 18.7.